The molecule has 1 rings (SSSR count). The maximum atomic E-state index is 11.9. The fourth-order valence-corrected chi connectivity index (χ4v) is 2.06. The molecular formula is C15H27N7O2. The van der Waals surface area contributed by atoms with E-state index in [1.54, 1.807) is 0 Å². The highest BCUT2D eigenvalue weighted by molar-refractivity contribution is 5.77. The average Bonchev–Trinajstić information content (AvgIpc) is 2.49. The second kappa shape index (κ2) is 11.1. The minimum Gasteiger partial charge on any atom is -0.368 e. The monoisotopic (exact) mass is 337 g/mol. The quantitative estimate of drug-likeness (QED) is 0.425. The van der Waals surface area contributed by atoms with Gasteiger partial charge in [-0.25, -0.2) is 0 Å². The minimum atomic E-state index is -0.138. The maximum absolute atomic E-state index is 11.9. The summed E-state index contributed by atoms with van der Waals surface area (Å²) in [6.45, 7) is 5.41. The Bertz CT molecular complexity index is 537. The van der Waals surface area contributed by atoms with Crippen molar-refractivity contribution in [2.75, 3.05) is 30.7 Å². The smallest absolute Gasteiger partial charge is 0.227 e. The molecule has 0 fully saturated rings. The molecule has 0 spiro atoms. The second-order valence-corrected chi connectivity index (χ2v) is 5.39. The first-order chi connectivity index (χ1) is 11.5. The molecule has 0 atom stereocenters. The molecule has 0 aliphatic carbocycles. The first kappa shape index (κ1) is 19.6. The van der Waals surface area contributed by atoms with Crippen LogP contribution in [0.25, 0.3) is 0 Å². The fourth-order valence-electron chi connectivity index (χ4n) is 2.06. The highest BCUT2D eigenvalue weighted by atomic mass is 16.2. The lowest BCUT2D eigenvalue weighted by Gasteiger charge is -2.07. The number of hydrogen-bond acceptors (Lipinski definition) is 7. The van der Waals surface area contributed by atoms with Crippen molar-refractivity contribution in [2.45, 2.75) is 46.0 Å². The summed E-state index contributed by atoms with van der Waals surface area (Å²) < 4.78 is 0. The van der Waals surface area contributed by atoms with E-state index in [4.69, 9.17) is 5.73 Å². The molecule has 9 heteroatoms. The number of aromatic nitrogens is 3. The minimum absolute atomic E-state index is 0.00137. The molecule has 1 heterocycles. The molecule has 0 saturated heterocycles. The lowest BCUT2D eigenvalue weighted by atomic mass is 10.2. The molecule has 0 radical (unpaired) electrons. The predicted octanol–water partition coefficient (Wildman–Crippen LogP) is 0.241. The standard InChI is InChI=1S/C15H27N7O2/c1-3-17-15-21-12(20-14(16)22-15)10-13(24)19-9-7-5-4-6-8-18-11(2)23/h3-10H2,1-2H3,(H,18,23)(H,19,24)(H3,16,17,20,21,22). The molecule has 5 N–H and O–H groups in total. The van der Waals surface area contributed by atoms with Crippen molar-refractivity contribution in [1.29, 1.82) is 0 Å². The van der Waals surface area contributed by atoms with Crippen molar-refractivity contribution in [3.8, 4) is 0 Å². The number of nitrogens with two attached hydrogens (primary N) is 1. The number of amides is 2. The SMILES string of the molecule is CCNc1nc(N)nc(CC(=O)NCCCCCCNC(C)=O)n1. The van der Waals surface area contributed by atoms with Gasteiger partial charge in [-0.15, -0.1) is 0 Å². The second-order valence-electron chi connectivity index (χ2n) is 5.39. The van der Waals surface area contributed by atoms with Crippen LogP contribution < -0.4 is 21.7 Å². The Hall–Kier alpha value is -2.45. The number of hydrogen-bond donors (Lipinski definition) is 4. The van der Waals surface area contributed by atoms with Gasteiger partial charge in [0, 0.05) is 26.6 Å². The predicted molar refractivity (Wildman–Crippen MR) is 92.3 cm³/mol. The van der Waals surface area contributed by atoms with Crippen LogP contribution in [0.15, 0.2) is 0 Å². The molecular weight excluding hydrogens is 310 g/mol. The van der Waals surface area contributed by atoms with Gasteiger partial charge in [0.05, 0.1) is 6.42 Å². The van der Waals surface area contributed by atoms with E-state index in [1.807, 2.05) is 6.92 Å². The molecule has 9 nitrogen and oxygen atoms in total. The lowest BCUT2D eigenvalue weighted by molar-refractivity contribution is -0.120. The van der Waals surface area contributed by atoms with Gasteiger partial charge < -0.3 is 21.7 Å². The molecule has 0 aromatic carbocycles. The van der Waals surface area contributed by atoms with Gasteiger partial charge in [0.15, 0.2) is 0 Å². The van der Waals surface area contributed by atoms with Gasteiger partial charge in [-0.05, 0) is 19.8 Å². The normalized spacial score (nSPS) is 10.2. The van der Waals surface area contributed by atoms with E-state index in [1.165, 1.54) is 6.92 Å². The summed E-state index contributed by atoms with van der Waals surface area (Å²) in [5, 5.41) is 8.54. The Balaban J connectivity index is 2.19. The zero-order valence-corrected chi connectivity index (χ0v) is 14.4. The average molecular weight is 337 g/mol. The van der Waals surface area contributed by atoms with Gasteiger partial charge in [-0.3, -0.25) is 9.59 Å². The first-order valence-corrected chi connectivity index (χ1v) is 8.26. The number of nitrogen functional groups attached to an aromatic ring is 1. The Labute approximate surface area is 142 Å². The Morgan fingerprint density at radius 3 is 2.29 bits per heavy atom. The van der Waals surface area contributed by atoms with E-state index in [0.29, 0.717) is 31.4 Å². The van der Waals surface area contributed by atoms with Gasteiger partial charge in [0.2, 0.25) is 23.7 Å². The van der Waals surface area contributed by atoms with E-state index < -0.39 is 0 Å². The summed E-state index contributed by atoms with van der Waals surface area (Å²) in [6.07, 6.45) is 3.95. The molecule has 0 bridgehead atoms. The third kappa shape index (κ3) is 8.86. The Kier molecular flexibility index (Phi) is 9.10. The van der Waals surface area contributed by atoms with Crippen molar-refractivity contribution < 1.29 is 9.59 Å². The maximum Gasteiger partial charge on any atom is 0.227 e. The number of nitrogens with one attached hydrogen (secondary N) is 3. The van der Waals surface area contributed by atoms with Crippen molar-refractivity contribution in [3.05, 3.63) is 5.82 Å². The molecule has 1 aromatic heterocycles. The third-order valence-electron chi connectivity index (χ3n) is 3.15. The van der Waals surface area contributed by atoms with Crippen LogP contribution in [-0.2, 0) is 16.0 Å². The summed E-state index contributed by atoms with van der Waals surface area (Å²) in [5.74, 6) is 0.695. The van der Waals surface area contributed by atoms with Crippen molar-refractivity contribution in [1.82, 2.24) is 25.6 Å². The highest BCUT2D eigenvalue weighted by Gasteiger charge is 2.09. The summed E-state index contributed by atoms with van der Waals surface area (Å²) in [7, 11) is 0. The van der Waals surface area contributed by atoms with Gasteiger partial charge in [-0.2, -0.15) is 15.0 Å². The molecule has 134 valence electrons. The molecule has 24 heavy (non-hydrogen) atoms. The van der Waals surface area contributed by atoms with Gasteiger partial charge >= 0.3 is 0 Å². The molecule has 0 unspecified atom stereocenters. The summed E-state index contributed by atoms with van der Waals surface area (Å²) in [6, 6.07) is 0. The van der Waals surface area contributed by atoms with Crippen molar-refractivity contribution in [2.24, 2.45) is 0 Å². The van der Waals surface area contributed by atoms with Crippen LogP contribution in [0.3, 0.4) is 0 Å². The van der Waals surface area contributed by atoms with Crippen LogP contribution >= 0.6 is 0 Å². The van der Waals surface area contributed by atoms with E-state index in [-0.39, 0.29) is 24.2 Å². The van der Waals surface area contributed by atoms with E-state index in [2.05, 4.69) is 30.9 Å². The van der Waals surface area contributed by atoms with Gasteiger partial charge in [0.25, 0.3) is 0 Å². The lowest BCUT2D eigenvalue weighted by Crippen LogP contribution is -2.27. The summed E-state index contributed by atoms with van der Waals surface area (Å²) in [5.41, 5.74) is 5.60. The number of unbranched alkanes of at least 4 members (excludes halogenated alkanes) is 3. The van der Waals surface area contributed by atoms with Gasteiger partial charge in [0.1, 0.15) is 5.82 Å². The zero-order chi connectivity index (χ0) is 17.8. The van der Waals surface area contributed by atoms with Crippen molar-refractivity contribution in [3.63, 3.8) is 0 Å². The highest BCUT2D eigenvalue weighted by Crippen LogP contribution is 2.03. The van der Waals surface area contributed by atoms with Crippen LogP contribution in [0.2, 0.25) is 0 Å². The van der Waals surface area contributed by atoms with E-state index >= 15 is 0 Å². The molecule has 1 aromatic rings. The number of carbonyl (C=O) groups is 2. The molecule has 0 saturated carbocycles. The largest absolute Gasteiger partial charge is 0.368 e. The zero-order valence-electron chi connectivity index (χ0n) is 14.4. The van der Waals surface area contributed by atoms with Crippen LogP contribution in [0, 0.1) is 0 Å². The van der Waals surface area contributed by atoms with Crippen molar-refractivity contribution >= 4 is 23.7 Å². The fraction of sp³-hybridized carbons (Fsp3) is 0.667. The molecule has 0 aliphatic heterocycles. The first-order valence-electron chi connectivity index (χ1n) is 8.26. The summed E-state index contributed by atoms with van der Waals surface area (Å²) in [4.78, 5) is 34.6. The molecule has 2 amide bonds. The third-order valence-corrected chi connectivity index (χ3v) is 3.15. The van der Waals surface area contributed by atoms with Crippen LogP contribution in [0.1, 0.15) is 45.4 Å². The van der Waals surface area contributed by atoms with E-state index in [9.17, 15) is 9.59 Å². The topological polar surface area (TPSA) is 135 Å². The summed E-state index contributed by atoms with van der Waals surface area (Å²) >= 11 is 0. The number of nitrogens with zero attached hydrogens (tertiary/aromatic N) is 3. The number of rotatable bonds is 11. The Morgan fingerprint density at radius 2 is 1.67 bits per heavy atom. The van der Waals surface area contributed by atoms with Crippen LogP contribution in [-0.4, -0.2) is 46.4 Å². The number of carbonyl (C=O) groups excluding carboxylic acids is 2. The van der Waals surface area contributed by atoms with E-state index in [0.717, 1.165) is 25.7 Å². The Morgan fingerprint density at radius 1 is 1.00 bits per heavy atom. The van der Waals surface area contributed by atoms with Gasteiger partial charge in [-0.1, -0.05) is 12.8 Å². The van der Waals surface area contributed by atoms with Crippen LogP contribution in [0.5, 0.6) is 0 Å². The molecule has 0 aliphatic rings. The number of anilines is 2. The van der Waals surface area contributed by atoms with Crippen LogP contribution in [0.4, 0.5) is 11.9 Å².